The van der Waals surface area contributed by atoms with Crippen LogP contribution in [0.5, 0.6) is 0 Å². The van der Waals surface area contributed by atoms with Crippen LogP contribution in [0.3, 0.4) is 0 Å². The molecule has 3 aliphatic heterocycles. The first-order chi connectivity index (χ1) is 20.7. The largest absolute Gasteiger partial charge is 0.396 e. The summed E-state index contributed by atoms with van der Waals surface area (Å²) in [7, 11) is 0. The van der Waals surface area contributed by atoms with Gasteiger partial charge in [-0.25, -0.2) is 0 Å². The Labute approximate surface area is 264 Å². The molecule has 2 unspecified atom stereocenters. The number of carbonyl (C=O) groups excluding carboxylic acids is 3. The normalized spacial score (nSPS) is 27.8. The standard InChI is InChI=1S/C36H53N3O5/c1-9-20-37(24-26-16-13-12-14-17-26)30(41)27-28-31(42)38(22-15-23-40)29(36(28)19-18-35(27,11-3)44-36)32(43)39(21-10-2)34(7,8)25-33(4,5)6/h9-10,12-14,16-17,27-29,40H,1-2,11,15,18-25H2,3-8H3/t27-,28+,29?,35+,36?/m1/s1. The first-order valence-corrected chi connectivity index (χ1v) is 16.2. The van der Waals surface area contributed by atoms with Crippen LogP contribution in [0.1, 0.15) is 79.2 Å². The maximum Gasteiger partial charge on any atom is 0.249 e. The Hall–Kier alpha value is -2.97. The molecule has 1 aromatic rings. The third-order valence-corrected chi connectivity index (χ3v) is 9.89. The molecule has 2 bridgehead atoms. The highest BCUT2D eigenvalue weighted by molar-refractivity contribution is 5.99. The molecule has 1 N–H and O–H groups in total. The lowest BCUT2D eigenvalue weighted by Crippen LogP contribution is -2.61. The van der Waals surface area contributed by atoms with E-state index in [0.29, 0.717) is 45.3 Å². The summed E-state index contributed by atoms with van der Waals surface area (Å²) in [5, 5.41) is 9.76. The van der Waals surface area contributed by atoms with Gasteiger partial charge >= 0.3 is 0 Å². The van der Waals surface area contributed by atoms with Crippen molar-refractivity contribution in [3.63, 3.8) is 0 Å². The summed E-state index contributed by atoms with van der Waals surface area (Å²) in [6.45, 7) is 21.6. The van der Waals surface area contributed by atoms with Crippen LogP contribution in [0.25, 0.3) is 0 Å². The van der Waals surface area contributed by atoms with Crippen LogP contribution < -0.4 is 0 Å². The maximum absolute atomic E-state index is 14.9. The van der Waals surface area contributed by atoms with Crippen LogP contribution in [0, 0.1) is 17.3 Å². The lowest BCUT2D eigenvalue weighted by atomic mass is 9.64. The summed E-state index contributed by atoms with van der Waals surface area (Å²) >= 11 is 0. The molecule has 8 nitrogen and oxygen atoms in total. The number of aliphatic hydroxyl groups is 1. The minimum Gasteiger partial charge on any atom is -0.396 e. The van der Waals surface area contributed by atoms with Crippen molar-refractivity contribution in [3.05, 3.63) is 61.2 Å². The van der Waals surface area contributed by atoms with E-state index in [0.717, 1.165) is 12.0 Å². The van der Waals surface area contributed by atoms with Gasteiger partial charge in [-0.2, -0.15) is 0 Å². The van der Waals surface area contributed by atoms with E-state index >= 15 is 0 Å². The minimum absolute atomic E-state index is 0.0500. The number of carbonyl (C=O) groups is 3. The summed E-state index contributed by atoms with van der Waals surface area (Å²) in [5.41, 5.74) is -1.55. The Morgan fingerprint density at radius 2 is 1.73 bits per heavy atom. The Bertz CT molecular complexity index is 1240. The molecule has 8 heteroatoms. The van der Waals surface area contributed by atoms with Crippen LogP contribution in [0.15, 0.2) is 55.6 Å². The fourth-order valence-corrected chi connectivity index (χ4v) is 8.55. The number of hydrogen-bond acceptors (Lipinski definition) is 5. The van der Waals surface area contributed by atoms with Crippen molar-refractivity contribution in [1.29, 1.82) is 0 Å². The van der Waals surface area contributed by atoms with Crippen molar-refractivity contribution in [2.75, 3.05) is 26.2 Å². The van der Waals surface area contributed by atoms with Crippen molar-refractivity contribution >= 4 is 17.7 Å². The highest BCUT2D eigenvalue weighted by Gasteiger charge is 2.79. The Morgan fingerprint density at radius 3 is 2.30 bits per heavy atom. The second-order valence-corrected chi connectivity index (χ2v) is 14.7. The smallest absolute Gasteiger partial charge is 0.249 e. The first kappa shape index (κ1) is 33.9. The number of benzene rings is 1. The molecule has 3 saturated heterocycles. The molecule has 1 spiro atoms. The molecule has 3 heterocycles. The SMILES string of the molecule is C=CCN(Cc1ccccc1)C(=O)[C@H]1[C@H]2C(=O)N(CCCO)C(C(=O)N(CC=C)C(C)(C)CC(C)(C)C)C23CC[C@]1(CC)O3. The van der Waals surface area contributed by atoms with Crippen LogP contribution in [0.4, 0.5) is 0 Å². The van der Waals surface area contributed by atoms with E-state index in [9.17, 15) is 19.5 Å². The average molecular weight is 608 g/mol. The number of nitrogens with zero attached hydrogens (tertiary/aromatic N) is 3. The van der Waals surface area contributed by atoms with Crippen molar-refractivity contribution in [2.24, 2.45) is 17.3 Å². The van der Waals surface area contributed by atoms with Crippen molar-refractivity contribution in [3.8, 4) is 0 Å². The molecule has 0 aliphatic carbocycles. The fraction of sp³-hybridized carbons (Fsp3) is 0.639. The summed E-state index contributed by atoms with van der Waals surface area (Å²) < 4.78 is 7.02. The predicted molar refractivity (Wildman–Crippen MR) is 172 cm³/mol. The highest BCUT2D eigenvalue weighted by Crippen LogP contribution is 2.65. The van der Waals surface area contributed by atoms with E-state index in [1.54, 1.807) is 22.0 Å². The molecular formula is C36H53N3O5. The van der Waals surface area contributed by atoms with Crippen LogP contribution in [0.2, 0.25) is 0 Å². The molecule has 4 rings (SSSR count). The Balaban J connectivity index is 1.80. The van der Waals surface area contributed by atoms with E-state index in [1.165, 1.54) is 0 Å². The molecule has 3 aliphatic rings. The zero-order valence-electron chi connectivity index (χ0n) is 27.7. The second-order valence-electron chi connectivity index (χ2n) is 14.7. The molecule has 242 valence electrons. The summed E-state index contributed by atoms with van der Waals surface area (Å²) in [6.07, 6.45) is 6.20. The number of amides is 3. The monoisotopic (exact) mass is 607 g/mol. The third-order valence-electron chi connectivity index (χ3n) is 9.89. The van der Waals surface area contributed by atoms with Gasteiger partial charge < -0.3 is 24.5 Å². The van der Waals surface area contributed by atoms with E-state index < -0.39 is 34.6 Å². The Morgan fingerprint density at radius 1 is 1.07 bits per heavy atom. The second kappa shape index (κ2) is 12.8. The number of hydrogen-bond donors (Lipinski definition) is 1. The van der Waals surface area contributed by atoms with Crippen LogP contribution in [-0.4, -0.2) is 86.6 Å². The number of likely N-dealkylation sites (tertiary alicyclic amines) is 1. The molecule has 3 fully saturated rings. The van der Waals surface area contributed by atoms with Crippen molar-refractivity contribution in [2.45, 2.75) is 103 Å². The van der Waals surface area contributed by atoms with Crippen LogP contribution in [-0.2, 0) is 25.7 Å². The molecule has 0 radical (unpaired) electrons. The van der Waals surface area contributed by atoms with E-state index in [2.05, 4.69) is 47.8 Å². The van der Waals surface area contributed by atoms with Gasteiger partial charge in [0, 0.05) is 38.3 Å². The summed E-state index contributed by atoms with van der Waals surface area (Å²) in [5.74, 6) is -2.05. The summed E-state index contributed by atoms with van der Waals surface area (Å²) in [6, 6.07) is 8.91. The van der Waals surface area contributed by atoms with Gasteiger partial charge in [-0.1, -0.05) is 70.2 Å². The van der Waals surface area contributed by atoms with Gasteiger partial charge in [0.15, 0.2) is 0 Å². The predicted octanol–water partition coefficient (Wildman–Crippen LogP) is 4.97. The zero-order chi connectivity index (χ0) is 32.5. The maximum atomic E-state index is 14.9. The zero-order valence-corrected chi connectivity index (χ0v) is 27.7. The van der Waals surface area contributed by atoms with E-state index in [4.69, 9.17) is 4.74 Å². The van der Waals surface area contributed by atoms with Gasteiger partial charge in [-0.3, -0.25) is 14.4 Å². The Kier molecular flexibility index (Phi) is 9.86. The molecular weight excluding hydrogens is 554 g/mol. The van der Waals surface area contributed by atoms with E-state index in [1.807, 2.05) is 42.2 Å². The fourth-order valence-electron chi connectivity index (χ4n) is 8.55. The molecule has 0 saturated carbocycles. The summed E-state index contributed by atoms with van der Waals surface area (Å²) in [4.78, 5) is 49.3. The van der Waals surface area contributed by atoms with Gasteiger partial charge in [0.25, 0.3) is 0 Å². The minimum atomic E-state index is -1.12. The van der Waals surface area contributed by atoms with Gasteiger partial charge in [-0.05, 0) is 56.9 Å². The first-order valence-electron chi connectivity index (χ1n) is 16.2. The number of rotatable bonds is 14. The van der Waals surface area contributed by atoms with Gasteiger partial charge in [0.1, 0.15) is 11.6 Å². The lowest BCUT2D eigenvalue weighted by Gasteiger charge is -2.45. The van der Waals surface area contributed by atoms with Crippen molar-refractivity contribution < 1.29 is 24.2 Å². The quantitative estimate of drug-likeness (QED) is 0.302. The van der Waals surface area contributed by atoms with E-state index in [-0.39, 0.29) is 36.3 Å². The average Bonchev–Trinajstić information content (AvgIpc) is 3.56. The van der Waals surface area contributed by atoms with Gasteiger partial charge in [0.05, 0.1) is 17.4 Å². The van der Waals surface area contributed by atoms with Gasteiger partial charge in [-0.15, -0.1) is 13.2 Å². The highest BCUT2D eigenvalue weighted by atomic mass is 16.5. The number of aliphatic hydroxyl groups excluding tert-OH is 1. The lowest BCUT2D eigenvalue weighted by molar-refractivity contribution is -0.158. The number of ether oxygens (including phenoxy) is 1. The molecule has 3 amide bonds. The van der Waals surface area contributed by atoms with Crippen molar-refractivity contribution in [1.82, 2.24) is 14.7 Å². The molecule has 5 atom stereocenters. The van der Waals surface area contributed by atoms with Crippen LogP contribution >= 0.6 is 0 Å². The molecule has 1 aromatic carbocycles. The third kappa shape index (κ3) is 6.00. The van der Waals surface area contributed by atoms with Gasteiger partial charge in [0.2, 0.25) is 17.7 Å². The molecule has 0 aromatic heterocycles. The molecule has 44 heavy (non-hydrogen) atoms. The topological polar surface area (TPSA) is 90.4 Å². The number of fused-ring (bicyclic) bond motifs is 1.